The molecule has 9 aromatic rings. The van der Waals surface area contributed by atoms with Crippen molar-refractivity contribution < 1.29 is 0 Å². The van der Waals surface area contributed by atoms with Gasteiger partial charge in [0.1, 0.15) is 5.82 Å². The second-order valence-electron chi connectivity index (χ2n) is 11.1. The van der Waals surface area contributed by atoms with Gasteiger partial charge in [-0.05, 0) is 36.4 Å². The maximum Gasteiger partial charge on any atom is 0.162 e. The normalized spacial score (nSPS) is 11.6. The Kier molecular flexibility index (Phi) is 5.47. The summed E-state index contributed by atoms with van der Waals surface area (Å²) in [5.74, 6) is 1.54. The molecular formula is C40H26N4. The summed E-state index contributed by atoms with van der Waals surface area (Å²) < 4.78 is 4.66. The third-order valence-corrected chi connectivity index (χ3v) is 8.54. The summed E-state index contributed by atoms with van der Waals surface area (Å²) in [6.45, 7) is 0. The lowest BCUT2D eigenvalue weighted by Crippen LogP contribution is -2.02. The Morgan fingerprint density at radius 3 is 1.50 bits per heavy atom. The van der Waals surface area contributed by atoms with Crippen LogP contribution in [0.4, 0.5) is 0 Å². The summed E-state index contributed by atoms with van der Waals surface area (Å²) in [5, 5.41) is 4.88. The second kappa shape index (κ2) is 9.79. The summed E-state index contributed by atoms with van der Waals surface area (Å²) in [6, 6.07) is 55.4. The molecule has 0 saturated carbocycles. The Hall–Kier alpha value is -6.00. The van der Waals surface area contributed by atoms with Gasteiger partial charge in [0.15, 0.2) is 5.82 Å². The van der Waals surface area contributed by atoms with Crippen molar-refractivity contribution in [3.8, 4) is 34.2 Å². The van der Waals surface area contributed by atoms with E-state index in [0.29, 0.717) is 5.82 Å². The molecule has 0 atom stereocenters. The van der Waals surface area contributed by atoms with Crippen molar-refractivity contribution in [3.05, 3.63) is 158 Å². The van der Waals surface area contributed by atoms with E-state index >= 15 is 0 Å². The number of fused-ring (bicyclic) bond motifs is 6. The average Bonchev–Trinajstić information content (AvgIpc) is 3.61. The molecule has 3 heterocycles. The highest BCUT2D eigenvalue weighted by atomic mass is 15.1. The molecular weight excluding hydrogens is 536 g/mol. The smallest absolute Gasteiger partial charge is 0.162 e. The third kappa shape index (κ3) is 3.78. The molecule has 206 valence electrons. The van der Waals surface area contributed by atoms with Gasteiger partial charge in [-0.2, -0.15) is 0 Å². The zero-order valence-electron chi connectivity index (χ0n) is 23.8. The molecule has 0 aliphatic carbocycles. The first-order valence-corrected chi connectivity index (χ1v) is 14.9. The summed E-state index contributed by atoms with van der Waals surface area (Å²) in [6.07, 6.45) is 0. The van der Waals surface area contributed by atoms with Gasteiger partial charge in [0.25, 0.3) is 0 Å². The molecule has 0 unspecified atom stereocenters. The summed E-state index contributed by atoms with van der Waals surface area (Å²) in [4.78, 5) is 10.2. The molecule has 4 heteroatoms. The number of nitrogens with zero attached hydrogens (tertiary/aromatic N) is 4. The molecule has 44 heavy (non-hydrogen) atoms. The van der Waals surface area contributed by atoms with Gasteiger partial charge in [0, 0.05) is 44.4 Å². The SMILES string of the molecule is c1ccc(-c2cc(-n3c4ccccc4c4cc(-n5c6ccccc6c6ccccc65)ccc43)nc(-c3ccccc3)n2)cc1. The quantitative estimate of drug-likeness (QED) is 0.214. The number of hydrogen-bond acceptors (Lipinski definition) is 2. The van der Waals surface area contributed by atoms with Crippen LogP contribution in [-0.4, -0.2) is 19.1 Å². The lowest BCUT2D eigenvalue weighted by atomic mass is 10.1. The molecule has 0 bridgehead atoms. The lowest BCUT2D eigenvalue weighted by molar-refractivity contribution is 1.05. The Labute approximate surface area is 254 Å². The van der Waals surface area contributed by atoms with Crippen LogP contribution < -0.4 is 0 Å². The van der Waals surface area contributed by atoms with E-state index in [1.54, 1.807) is 0 Å². The lowest BCUT2D eigenvalue weighted by Gasteiger charge is -2.12. The highest BCUT2D eigenvalue weighted by Crippen LogP contribution is 2.37. The highest BCUT2D eigenvalue weighted by Gasteiger charge is 2.18. The van der Waals surface area contributed by atoms with E-state index in [0.717, 1.165) is 39.4 Å². The van der Waals surface area contributed by atoms with Gasteiger partial charge < -0.3 is 4.57 Å². The number of aromatic nitrogens is 4. The molecule has 4 nitrogen and oxygen atoms in total. The maximum absolute atomic E-state index is 5.17. The van der Waals surface area contributed by atoms with Crippen molar-refractivity contribution >= 4 is 43.6 Å². The van der Waals surface area contributed by atoms with E-state index in [1.165, 1.54) is 32.6 Å². The van der Waals surface area contributed by atoms with E-state index in [1.807, 2.05) is 24.3 Å². The molecule has 3 aromatic heterocycles. The van der Waals surface area contributed by atoms with Gasteiger partial charge in [-0.1, -0.05) is 115 Å². The van der Waals surface area contributed by atoms with Gasteiger partial charge in [0.05, 0.1) is 27.8 Å². The standard InChI is InChI=1S/C40H26N4/c1-3-13-27(14-4-1)34-26-39(42-40(41-34)28-15-5-2-6-16-28)44-37-22-12-9-19-32(37)33-25-29(23-24-38(33)44)43-35-20-10-7-17-30(35)31-18-8-11-21-36(31)43/h1-26H. The van der Waals surface area contributed by atoms with Gasteiger partial charge in [-0.25, -0.2) is 9.97 Å². The zero-order valence-corrected chi connectivity index (χ0v) is 23.8. The van der Waals surface area contributed by atoms with Crippen LogP contribution in [0.15, 0.2) is 158 Å². The van der Waals surface area contributed by atoms with Crippen LogP contribution in [0.3, 0.4) is 0 Å². The largest absolute Gasteiger partial charge is 0.309 e. The van der Waals surface area contributed by atoms with E-state index in [9.17, 15) is 0 Å². The zero-order chi connectivity index (χ0) is 29.0. The molecule has 0 amide bonds. The topological polar surface area (TPSA) is 35.6 Å². The number of para-hydroxylation sites is 3. The predicted molar refractivity (Wildman–Crippen MR) is 182 cm³/mol. The monoisotopic (exact) mass is 562 g/mol. The maximum atomic E-state index is 5.17. The number of rotatable bonds is 4. The Balaban J connectivity index is 1.32. The fourth-order valence-electron chi connectivity index (χ4n) is 6.57. The Morgan fingerprint density at radius 2 is 0.864 bits per heavy atom. The van der Waals surface area contributed by atoms with Crippen LogP contribution >= 0.6 is 0 Å². The second-order valence-corrected chi connectivity index (χ2v) is 11.1. The number of benzene rings is 6. The third-order valence-electron chi connectivity index (χ3n) is 8.54. The summed E-state index contributed by atoms with van der Waals surface area (Å²) >= 11 is 0. The minimum Gasteiger partial charge on any atom is -0.309 e. The minimum absolute atomic E-state index is 0.704. The first kappa shape index (κ1) is 24.6. The van der Waals surface area contributed by atoms with Crippen molar-refractivity contribution in [1.82, 2.24) is 19.1 Å². The highest BCUT2D eigenvalue weighted by molar-refractivity contribution is 6.12. The Morgan fingerprint density at radius 1 is 0.364 bits per heavy atom. The van der Waals surface area contributed by atoms with E-state index < -0.39 is 0 Å². The molecule has 0 saturated heterocycles. The molecule has 0 fully saturated rings. The summed E-state index contributed by atoms with van der Waals surface area (Å²) in [5.41, 5.74) is 8.69. The molecule has 0 N–H and O–H groups in total. The van der Waals surface area contributed by atoms with Gasteiger partial charge in [-0.3, -0.25) is 4.57 Å². The minimum atomic E-state index is 0.704. The first-order chi connectivity index (χ1) is 21.8. The molecule has 9 rings (SSSR count). The van der Waals surface area contributed by atoms with Crippen molar-refractivity contribution in [2.45, 2.75) is 0 Å². The van der Waals surface area contributed by atoms with Crippen LogP contribution in [-0.2, 0) is 0 Å². The van der Waals surface area contributed by atoms with Crippen molar-refractivity contribution in [3.63, 3.8) is 0 Å². The van der Waals surface area contributed by atoms with E-state index in [2.05, 4.69) is 143 Å². The van der Waals surface area contributed by atoms with Crippen LogP contribution in [0, 0.1) is 0 Å². The fourth-order valence-corrected chi connectivity index (χ4v) is 6.57. The van der Waals surface area contributed by atoms with Gasteiger partial charge in [-0.15, -0.1) is 0 Å². The van der Waals surface area contributed by atoms with Gasteiger partial charge in [0.2, 0.25) is 0 Å². The van der Waals surface area contributed by atoms with Crippen LogP contribution in [0.2, 0.25) is 0 Å². The van der Waals surface area contributed by atoms with E-state index in [4.69, 9.17) is 9.97 Å². The molecule has 6 aromatic carbocycles. The number of hydrogen-bond donors (Lipinski definition) is 0. The van der Waals surface area contributed by atoms with Crippen molar-refractivity contribution in [1.29, 1.82) is 0 Å². The first-order valence-electron chi connectivity index (χ1n) is 14.9. The fraction of sp³-hybridized carbons (Fsp3) is 0. The Bertz CT molecular complexity index is 2380. The molecule has 0 aliphatic heterocycles. The summed E-state index contributed by atoms with van der Waals surface area (Å²) in [7, 11) is 0. The van der Waals surface area contributed by atoms with Crippen LogP contribution in [0.5, 0.6) is 0 Å². The van der Waals surface area contributed by atoms with E-state index in [-0.39, 0.29) is 0 Å². The molecule has 0 spiro atoms. The molecule has 0 aliphatic rings. The predicted octanol–water partition coefficient (Wildman–Crippen LogP) is 10.0. The molecule has 0 radical (unpaired) electrons. The van der Waals surface area contributed by atoms with Crippen LogP contribution in [0.1, 0.15) is 0 Å². The van der Waals surface area contributed by atoms with Gasteiger partial charge >= 0.3 is 0 Å². The van der Waals surface area contributed by atoms with Crippen molar-refractivity contribution in [2.24, 2.45) is 0 Å². The van der Waals surface area contributed by atoms with Crippen molar-refractivity contribution in [2.75, 3.05) is 0 Å². The van der Waals surface area contributed by atoms with Crippen LogP contribution in [0.25, 0.3) is 77.8 Å². The average molecular weight is 563 g/mol.